The van der Waals surface area contributed by atoms with E-state index in [4.69, 9.17) is 0 Å². The second kappa shape index (κ2) is 11.3. The fraction of sp³-hybridized carbons (Fsp3) is 0.375. The van der Waals surface area contributed by atoms with Crippen molar-refractivity contribution >= 4 is 5.57 Å². The van der Waals surface area contributed by atoms with Gasteiger partial charge in [-0.3, -0.25) is 4.90 Å². The van der Waals surface area contributed by atoms with Gasteiger partial charge in [0.1, 0.15) is 5.72 Å². The fourth-order valence-electron chi connectivity index (χ4n) is 5.08. The minimum atomic E-state index is -1.02. The molecule has 1 aliphatic rings. The summed E-state index contributed by atoms with van der Waals surface area (Å²) in [6, 6.07) is 29.2. The summed E-state index contributed by atoms with van der Waals surface area (Å²) in [5, 5.41) is 21.9. The van der Waals surface area contributed by atoms with Crippen molar-refractivity contribution in [3.8, 4) is 0 Å². The smallest absolute Gasteiger partial charge is 0.144 e. The van der Waals surface area contributed by atoms with E-state index in [-0.39, 0.29) is 12.0 Å². The number of rotatable bonds is 9. The average molecular weight is 470 g/mol. The van der Waals surface area contributed by atoms with Gasteiger partial charge in [-0.15, -0.1) is 0 Å². The predicted molar refractivity (Wildman–Crippen MR) is 145 cm³/mol. The molecule has 0 radical (unpaired) electrons. The summed E-state index contributed by atoms with van der Waals surface area (Å²) in [4.78, 5) is 2.27. The molecule has 3 heteroatoms. The van der Waals surface area contributed by atoms with E-state index in [0.717, 1.165) is 43.5 Å². The molecule has 1 atom stereocenters. The maximum Gasteiger partial charge on any atom is 0.144 e. The van der Waals surface area contributed by atoms with Crippen LogP contribution in [0.2, 0.25) is 0 Å². The van der Waals surface area contributed by atoms with Gasteiger partial charge in [-0.2, -0.15) is 0 Å². The number of allylic oxidation sites excluding steroid dienone is 1. The first-order valence-corrected chi connectivity index (χ1v) is 12.9. The third-order valence-corrected chi connectivity index (χ3v) is 7.41. The number of likely N-dealkylation sites (tertiary alicyclic amines) is 1. The Balaban J connectivity index is 1.64. The minimum absolute atomic E-state index is 0.0925. The summed E-state index contributed by atoms with van der Waals surface area (Å²) in [7, 11) is 0. The zero-order valence-electron chi connectivity index (χ0n) is 21.2. The molecule has 1 unspecified atom stereocenters. The van der Waals surface area contributed by atoms with E-state index < -0.39 is 5.72 Å². The molecule has 184 valence electrons. The number of nitrogens with zero attached hydrogens (tertiary/aromatic N) is 1. The van der Waals surface area contributed by atoms with Crippen LogP contribution in [0, 0.1) is 0 Å². The largest absolute Gasteiger partial charge is 0.395 e. The predicted octanol–water partition coefficient (Wildman–Crippen LogP) is 6.50. The second-order valence-electron chi connectivity index (χ2n) is 10.4. The van der Waals surface area contributed by atoms with Crippen molar-refractivity contribution in [2.75, 3.05) is 19.7 Å². The Bertz CT molecular complexity index is 1040. The summed E-state index contributed by atoms with van der Waals surface area (Å²) in [6.45, 7) is 5.99. The molecule has 3 aromatic rings. The maximum absolute atomic E-state index is 12.2. The van der Waals surface area contributed by atoms with Gasteiger partial charge in [0.15, 0.2) is 0 Å². The van der Waals surface area contributed by atoms with E-state index in [2.05, 4.69) is 83.8 Å². The van der Waals surface area contributed by atoms with Crippen molar-refractivity contribution in [3.05, 3.63) is 113 Å². The topological polar surface area (TPSA) is 43.7 Å². The average Bonchev–Trinajstić information content (AvgIpc) is 2.92. The summed E-state index contributed by atoms with van der Waals surface area (Å²) in [5.41, 5.74) is 4.28. The molecular formula is C32H39NO2. The van der Waals surface area contributed by atoms with Gasteiger partial charge in [-0.05, 0) is 53.5 Å². The molecule has 0 amide bonds. The van der Waals surface area contributed by atoms with Crippen molar-refractivity contribution in [1.82, 2.24) is 4.90 Å². The molecule has 1 fully saturated rings. The first-order chi connectivity index (χ1) is 16.9. The molecule has 0 bridgehead atoms. The Morgan fingerprint density at radius 2 is 1.29 bits per heavy atom. The third kappa shape index (κ3) is 5.92. The van der Waals surface area contributed by atoms with E-state index in [9.17, 15) is 10.2 Å². The summed E-state index contributed by atoms with van der Waals surface area (Å²) < 4.78 is 0. The van der Waals surface area contributed by atoms with Gasteiger partial charge in [-0.1, -0.05) is 111 Å². The maximum atomic E-state index is 12.2. The van der Waals surface area contributed by atoms with Crippen LogP contribution in [0.25, 0.3) is 5.57 Å². The molecule has 1 saturated heterocycles. The van der Waals surface area contributed by atoms with Crippen LogP contribution in [0.5, 0.6) is 0 Å². The lowest BCUT2D eigenvalue weighted by Crippen LogP contribution is -2.48. The van der Waals surface area contributed by atoms with Crippen molar-refractivity contribution < 1.29 is 10.2 Å². The Morgan fingerprint density at radius 3 is 1.80 bits per heavy atom. The highest BCUT2D eigenvalue weighted by Gasteiger charge is 2.36. The SMILES string of the molecule is CC(C)(CO)c1ccc(C(O)(CCC=C(c2ccccc2)c2ccccc2)N2CCCCC2)cc1. The Kier molecular flexibility index (Phi) is 8.22. The number of aliphatic hydroxyl groups is 2. The standard InChI is InChI=1S/C32H39NO2/c1-31(2,25-34)28-18-20-29(21-19-28)32(35,33-23-10-5-11-24-33)22-12-17-30(26-13-6-3-7-14-26)27-15-8-4-9-16-27/h3-4,6-9,13-21,34-35H,5,10-12,22-25H2,1-2H3. The molecule has 1 aliphatic heterocycles. The number of aliphatic hydroxyl groups excluding tert-OH is 1. The summed E-state index contributed by atoms with van der Waals surface area (Å²) >= 11 is 0. The quantitative estimate of drug-likeness (QED) is 0.376. The van der Waals surface area contributed by atoms with Crippen LogP contribution in [-0.4, -0.2) is 34.8 Å². The molecule has 3 nitrogen and oxygen atoms in total. The van der Waals surface area contributed by atoms with Crippen LogP contribution in [0.1, 0.15) is 68.2 Å². The molecule has 0 spiro atoms. The monoisotopic (exact) mass is 469 g/mol. The molecule has 3 aromatic carbocycles. The van der Waals surface area contributed by atoms with Crippen LogP contribution in [0.15, 0.2) is 91.0 Å². The third-order valence-electron chi connectivity index (χ3n) is 7.41. The lowest BCUT2D eigenvalue weighted by Gasteiger charge is -2.42. The van der Waals surface area contributed by atoms with Crippen LogP contribution < -0.4 is 0 Å². The van der Waals surface area contributed by atoms with Gasteiger partial charge >= 0.3 is 0 Å². The number of piperidine rings is 1. The van der Waals surface area contributed by atoms with Crippen molar-refractivity contribution in [3.63, 3.8) is 0 Å². The Morgan fingerprint density at radius 1 is 0.771 bits per heavy atom. The van der Waals surface area contributed by atoms with Gasteiger partial charge < -0.3 is 10.2 Å². The van der Waals surface area contributed by atoms with E-state index in [0.29, 0.717) is 6.42 Å². The van der Waals surface area contributed by atoms with Crippen LogP contribution in [-0.2, 0) is 11.1 Å². The number of benzene rings is 3. The van der Waals surface area contributed by atoms with Crippen LogP contribution >= 0.6 is 0 Å². The van der Waals surface area contributed by atoms with E-state index >= 15 is 0 Å². The van der Waals surface area contributed by atoms with Gasteiger partial charge in [-0.25, -0.2) is 0 Å². The molecular weight excluding hydrogens is 430 g/mol. The van der Waals surface area contributed by atoms with Crippen LogP contribution in [0.3, 0.4) is 0 Å². The summed E-state index contributed by atoms with van der Waals surface area (Å²) in [6.07, 6.45) is 7.13. The normalized spacial score (nSPS) is 16.5. The van der Waals surface area contributed by atoms with Gasteiger partial charge in [0, 0.05) is 18.5 Å². The lowest BCUT2D eigenvalue weighted by molar-refractivity contribution is -0.129. The van der Waals surface area contributed by atoms with Gasteiger partial charge in [0.25, 0.3) is 0 Å². The minimum Gasteiger partial charge on any atom is -0.395 e. The van der Waals surface area contributed by atoms with E-state index in [1.54, 1.807) is 0 Å². The molecule has 0 aliphatic carbocycles. The first kappa shape index (κ1) is 25.4. The van der Waals surface area contributed by atoms with E-state index in [1.807, 2.05) is 26.0 Å². The first-order valence-electron chi connectivity index (χ1n) is 12.9. The fourth-order valence-corrected chi connectivity index (χ4v) is 5.08. The van der Waals surface area contributed by atoms with Crippen molar-refractivity contribution in [2.45, 2.75) is 57.1 Å². The van der Waals surface area contributed by atoms with Gasteiger partial charge in [0.2, 0.25) is 0 Å². The molecule has 2 N–H and O–H groups in total. The van der Waals surface area contributed by atoms with Crippen molar-refractivity contribution in [1.29, 1.82) is 0 Å². The lowest BCUT2D eigenvalue weighted by atomic mass is 9.83. The molecule has 1 heterocycles. The van der Waals surface area contributed by atoms with Crippen LogP contribution in [0.4, 0.5) is 0 Å². The Hall–Kier alpha value is -2.72. The highest BCUT2D eigenvalue weighted by atomic mass is 16.3. The highest BCUT2D eigenvalue weighted by Crippen LogP contribution is 2.36. The zero-order chi connectivity index (χ0) is 24.7. The molecule has 0 aromatic heterocycles. The number of hydrogen-bond acceptors (Lipinski definition) is 3. The second-order valence-corrected chi connectivity index (χ2v) is 10.4. The van der Waals surface area contributed by atoms with Crippen molar-refractivity contribution in [2.24, 2.45) is 0 Å². The Labute approximate surface area is 210 Å². The van der Waals surface area contributed by atoms with Gasteiger partial charge in [0.05, 0.1) is 6.61 Å². The van der Waals surface area contributed by atoms with E-state index in [1.165, 1.54) is 23.1 Å². The molecule has 0 saturated carbocycles. The number of hydrogen-bond donors (Lipinski definition) is 2. The molecule has 4 rings (SSSR count). The molecule has 35 heavy (non-hydrogen) atoms. The zero-order valence-corrected chi connectivity index (χ0v) is 21.2. The highest BCUT2D eigenvalue weighted by molar-refractivity contribution is 5.79. The summed E-state index contributed by atoms with van der Waals surface area (Å²) in [5.74, 6) is 0.